The second-order valence-electron chi connectivity index (χ2n) is 13.4. The van der Waals surface area contributed by atoms with Crippen LogP contribution in [-0.4, -0.2) is 95.3 Å². The van der Waals surface area contributed by atoms with Gasteiger partial charge < -0.3 is 29.7 Å². The molecule has 0 radical (unpaired) electrons. The summed E-state index contributed by atoms with van der Waals surface area (Å²) in [7, 11) is 0. The van der Waals surface area contributed by atoms with E-state index in [1.54, 1.807) is 24.3 Å². The van der Waals surface area contributed by atoms with E-state index in [1.165, 1.54) is 38.8 Å². The Balaban J connectivity index is 1.16. The number of rotatable bonds is 9. The van der Waals surface area contributed by atoms with Gasteiger partial charge in [0, 0.05) is 42.8 Å². The van der Waals surface area contributed by atoms with Crippen molar-refractivity contribution < 1.29 is 37.3 Å². The van der Waals surface area contributed by atoms with Crippen LogP contribution in [0.25, 0.3) is 0 Å². The molecule has 256 valence electrons. The van der Waals surface area contributed by atoms with Gasteiger partial charge in [-0.3, -0.25) is 14.5 Å². The predicted molar refractivity (Wildman–Crippen MR) is 169 cm³/mol. The fraction of sp³-hybridized carbons (Fsp3) is 0.600. The van der Waals surface area contributed by atoms with Gasteiger partial charge in [-0.05, 0) is 81.4 Å². The van der Waals surface area contributed by atoms with E-state index in [9.17, 15) is 27.9 Å². The van der Waals surface area contributed by atoms with E-state index in [4.69, 9.17) is 9.47 Å². The van der Waals surface area contributed by atoms with E-state index in [-0.39, 0.29) is 37.7 Å². The van der Waals surface area contributed by atoms with Crippen LogP contribution in [0, 0.1) is 5.92 Å². The minimum Gasteiger partial charge on any atom is -0.392 e. The summed E-state index contributed by atoms with van der Waals surface area (Å²) in [5, 5.41) is 12.3. The number of hydrogen-bond acceptors (Lipinski definition) is 7. The van der Waals surface area contributed by atoms with Crippen LogP contribution in [0.1, 0.15) is 74.5 Å². The molecule has 2 aromatic carbocycles. The molecule has 2 N–H and O–H groups in total. The Kier molecular flexibility index (Phi) is 10.5. The van der Waals surface area contributed by atoms with Crippen molar-refractivity contribution in [1.82, 2.24) is 14.7 Å². The molecule has 6 atom stereocenters. The summed E-state index contributed by atoms with van der Waals surface area (Å²) >= 11 is 0. The molecule has 0 aliphatic carbocycles. The van der Waals surface area contributed by atoms with E-state index in [0.29, 0.717) is 23.0 Å². The molecule has 0 unspecified atom stereocenters. The van der Waals surface area contributed by atoms with E-state index >= 15 is 0 Å². The number of halogens is 3. The highest BCUT2D eigenvalue weighted by Crippen LogP contribution is 2.42. The normalized spacial score (nSPS) is 29.0. The zero-order valence-electron chi connectivity index (χ0n) is 26.8. The highest BCUT2D eigenvalue weighted by atomic mass is 19.4. The van der Waals surface area contributed by atoms with Crippen LogP contribution < -0.4 is 5.32 Å². The molecule has 4 fully saturated rings. The topological polar surface area (TPSA) is 94.6 Å². The number of carbonyl (C=O) groups is 2. The van der Waals surface area contributed by atoms with E-state index in [1.807, 2.05) is 24.3 Å². The third kappa shape index (κ3) is 7.83. The van der Waals surface area contributed by atoms with Gasteiger partial charge in [0.25, 0.3) is 0 Å². The van der Waals surface area contributed by atoms with Crippen molar-refractivity contribution in [3.05, 3.63) is 65.2 Å². The average molecular weight is 659 g/mol. The summed E-state index contributed by atoms with van der Waals surface area (Å²) in [5.74, 6) is -2.59. The number of likely N-dealkylation sites (tertiary alicyclic amines) is 3. The molecule has 4 aliphatic rings. The number of amides is 2. The summed E-state index contributed by atoms with van der Waals surface area (Å²) in [6.07, 6.45) is -0.698. The lowest BCUT2D eigenvalue weighted by Crippen LogP contribution is -2.48. The number of aliphatic hydroxyl groups is 1. The van der Waals surface area contributed by atoms with Gasteiger partial charge >= 0.3 is 12.1 Å². The number of benzene rings is 2. The van der Waals surface area contributed by atoms with Gasteiger partial charge in [0.05, 0.1) is 18.8 Å². The van der Waals surface area contributed by atoms with Gasteiger partial charge in [0.1, 0.15) is 6.04 Å². The van der Waals surface area contributed by atoms with Crippen LogP contribution in [0.5, 0.6) is 0 Å². The summed E-state index contributed by atoms with van der Waals surface area (Å²) in [6.45, 7) is 7.26. The van der Waals surface area contributed by atoms with Crippen molar-refractivity contribution in [2.45, 2.75) is 88.8 Å². The van der Waals surface area contributed by atoms with Gasteiger partial charge in [-0.2, -0.15) is 13.2 Å². The maximum Gasteiger partial charge on any atom is 0.471 e. The standard InChI is InChI=1S/C35H45F3N4O5/c1-23-30(21-41-18-4-6-28(41)20-40-16-2-3-17-40)46-33(47-31(23)25-10-8-24(22-43)9-11-25)26-12-14-27(15-13-26)39-32(44)29-7-5-19-42(29)34(45)35(36,37)38/h8-15,23,28-31,33,43H,2-7,16-22H2,1H3,(H,39,44)/t23-,28+,29+,30+,31+,33+/m1/s1. The van der Waals surface area contributed by atoms with Gasteiger partial charge in [-0.15, -0.1) is 0 Å². The molecule has 9 nitrogen and oxygen atoms in total. The number of nitrogens with zero attached hydrogens (tertiary/aromatic N) is 3. The Morgan fingerprint density at radius 1 is 0.872 bits per heavy atom. The Bertz CT molecular complexity index is 1370. The third-order valence-corrected chi connectivity index (χ3v) is 10.2. The van der Waals surface area contributed by atoms with Crippen molar-refractivity contribution in [2.75, 3.05) is 44.6 Å². The fourth-order valence-electron chi connectivity index (χ4n) is 7.56. The lowest BCUT2D eigenvalue weighted by molar-refractivity contribution is -0.276. The zero-order valence-corrected chi connectivity index (χ0v) is 26.8. The molecular formula is C35H45F3N4O5. The van der Waals surface area contributed by atoms with Gasteiger partial charge in [-0.1, -0.05) is 43.3 Å². The Morgan fingerprint density at radius 3 is 2.23 bits per heavy atom. The second kappa shape index (κ2) is 14.6. The molecule has 12 heteroatoms. The summed E-state index contributed by atoms with van der Waals surface area (Å²) in [4.78, 5) is 30.5. The lowest BCUT2D eigenvalue weighted by Gasteiger charge is -2.43. The van der Waals surface area contributed by atoms with E-state index in [2.05, 4.69) is 22.0 Å². The van der Waals surface area contributed by atoms with Crippen molar-refractivity contribution in [3.8, 4) is 0 Å². The Hall–Kier alpha value is -3.03. The maximum absolute atomic E-state index is 13.1. The highest BCUT2D eigenvalue weighted by Gasteiger charge is 2.48. The molecule has 0 bridgehead atoms. The molecular weight excluding hydrogens is 613 g/mol. The molecule has 4 saturated heterocycles. The van der Waals surface area contributed by atoms with Gasteiger partial charge in [-0.25, -0.2) is 0 Å². The molecule has 6 rings (SSSR count). The number of hydrogen-bond donors (Lipinski definition) is 2. The van der Waals surface area contributed by atoms with E-state index < -0.39 is 30.3 Å². The number of ether oxygens (including phenoxy) is 2. The van der Waals surface area contributed by atoms with Crippen LogP contribution in [0.2, 0.25) is 0 Å². The summed E-state index contributed by atoms with van der Waals surface area (Å²) in [5.41, 5.74) is 2.98. The van der Waals surface area contributed by atoms with Crippen LogP contribution in [0.4, 0.5) is 18.9 Å². The smallest absolute Gasteiger partial charge is 0.392 e. The molecule has 0 saturated carbocycles. The summed E-state index contributed by atoms with van der Waals surface area (Å²) in [6, 6.07) is 14.1. The first kappa shape index (κ1) is 33.9. The number of carbonyl (C=O) groups excluding carboxylic acids is 2. The van der Waals surface area contributed by atoms with Crippen LogP contribution in [-0.2, 0) is 25.7 Å². The van der Waals surface area contributed by atoms with Crippen molar-refractivity contribution in [3.63, 3.8) is 0 Å². The highest BCUT2D eigenvalue weighted by molar-refractivity contribution is 5.98. The van der Waals surface area contributed by atoms with Crippen molar-refractivity contribution in [2.24, 2.45) is 5.92 Å². The molecule has 0 spiro atoms. The first-order valence-corrected chi connectivity index (χ1v) is 16.9. The first-order chi connectivity index (χ1) is 22.6. The molecule has 4 heterocycles. The van der Waals surface area contributed by atoms with Crippen LogP contribution in [0.15, 0.2) is 48.5 Å². The molecule has 47 heavy (non-hydrogen) atoms. The quantitative estimate of drug-likeness (QED) is 0.391. The summed E-state index contributed by atoms with van der Waals surface area (Å²) < 4.78 is 52.5. The largest absolute Gasteiger partial charge is 0.471 e. The van der Waals surface area contributed by atoms with Crippen LogP contribution >= 0.6 is 0 Å². The van der Waals surface area contributed by atoms with Crippen molar-refractivity contribution in [1.29, 1.82) is 0 Å². The SMILES string of the molecule is C[C@@H]1[C@H](CN2CCC[C@H]2CN2CCCC2)O[C@H](c2ccc(NC(=O)[C@@H]3CCCN3C(=O)C(F)(F)F)cc2)O[C@@H]1c1ccc(CO)cc1. The monoisotopic (exact) mass is 658 g/mol. The molecule has 2 amide bonds. The number of aliphatic hydroxyl groups excluding tert-OH is 1. The predicted octanol–water partition coefficient (Wildman–Crippen LogP) is 5.02. The van der Waals surface area contributed by atoms with Crippen LogP contribution in [0.3, 0.4) is 0 Å². The first-order valence-electron chi connectivity index (χ1n) is 16.9. The number of anilines is 1. The minimum atomic E-state index is -5.03. The minimum absolute atomic E-state index is 0.0383. The molecule has 2 aromatic rings. The van der Waals surface area contributed by atoms with Gasteiger partial charge in [0.2, 0.25) is 5.91 Å². The fourth-order valence-corrected chi connectivity index (χ4v) is 7.56. The number of nitrogens with one attached hydrogen (secondary N) is 1. The van der Waals surface area contributed by atoms with Gasteiger partial charge in [0.15, 0.2) is 6.29 Å². The Morgan fingerprint density at radius 2 is 1.55 bits per heavy atom. The Labute approximate surface area is 274 Å². The zero-order chi connectivity index (χ0) is 33.1. The molecule has 4 aliphatic heterocycles. The lowest BCUT2D eigenvalue weighted by atomic mass is 9.90. The van der Waals surface area contributed by atoms with E-state index in [0.717, 1.165) is 36.3 Å². The number of alkyl halides is 3. The maximum atomic E-state index is 13.1. The average Bonchev–Trinajstić information content (AvgIpc) is 3.85. The van der Waals surface area contributed by atoms with Crippen molar-refractivity contribution >= 4 is 17.5 Å². The third-order valence-electron chi connectivity index (χ3n) is 10.2. The second-order valence-corrected chi connectivity index (χ2v) is 13.4. The molecule has 0 aromatic heterocycles.